The number of carbonyl (C=O) groups is 1. The Morgan fingerprint density at radius 2 is 1.43 bits per heavy atom. The number of rotatable bonds is 6. The molecule has 0 bridgehead atoms. The van der Waals surface area contributed by atoms with E-state index in [1.54, 1.807) is 12.2 Å². The summed E-state index contributed by atoms with van der Waals surface area (Å²) in [6.07, 6.45) is 3.87. The third-order valence-corrected chi connectivity index (χ3v) is 1.54. The quantitative estimate of drug-likeness (QED) is 0.526. The Hall–Kier alpha value is -0.670. The SMILES string of the molecule is O=C(OCCC=CCl)OCCC=CCl. The van der Waals surface area contributed by atoms with Gasteiger partial charge in [0.15, 0.2) is 0 Å². The standard InChI is InChI=1S/C9H12Cl2O3/c10-5-1-3-7-13-9(12)14-8-4-2-6-11/h1-2,5-6H,3-4,7-8H2. The number of hydrogen-bond donors (Lipinski definition) is 0. The van der Waals surface area contributed by atoms with Crippen LogP contribution in [0.1, 0.15) is 12.8 Å². The van der Waals surface area contributed by atoms with E-state index >= 15 is 0 Å². The van der Waals surface area contributed by atoms with Gasteiger partial charge in [-0.15, -0.1) is 0 Å². The van der Waals surface area contributed by atoms with E-state index in [1.807, 2.05) is 0 Å². The Morgan fingerprint density at radius 3 is 1.79 bits per heavy atom. The molecule has 0 aliphatic heterocycles. The molecule has 0 rings (SSSR count). The largest absolute Gasteiger partial charge is 0.508 e. The second kappa shape index (κ2) is 10.4. The molecule has 0 aliphatic carbocycles. The highest BCUT2D eigenvalue weighted by Gasteiger charge is 2.00. The molecule has 0 atom stereocenters. The summed E-state index contributed by atoms with van der Waals surface area (Å²) in [5.74, 6) is 0. The van der Waals surface area contributed by atoms with Crippen molar-refractivity contribution in [3.63, 3.8) is 0 Å². The lowest BCUT2D eigenvalue weighted by Gasteiger charge is -2.02. The van der Waals surface area contributed by atoms with Gasteiger partial charge in [-0.2, -0.15) is 0 Å². The molecule has 0 amide bonds. The van der Waals surface area contributed by atoms with Gasteiger partial charge in [0, 0.05) is 23.9 Å². The minimum absolute atomic E-state index is 0.271. The zero-order valence-corrected chi connectivity index (χ0v) is 9.13. The molecule has 0 radical (unpaired) electrons. The minimum Gasteiger partial charge on any atom is -0.434 e. The summed E-state index contributed by atoms with van der Waals surface area (Å²) in [6, 6.07) is 0. The highest BCUT2D eigenvalue weighted by molar-refractivity contribution is 6.25. The summed E-state index contributed by atoms with van der Waals surface area (Å²) < 4.78 is 9.39. The van der Waals surface area contributed by atoms with Crippen molar-refractivity contribution in [1.29, 1.82) is 0 Å². The summed E-state index contributed by atoms with van der Waals surface area (Å²) in [7, 11) is 0. The van der Waals surface area contributed by atoms with Gasteiger partial charge in [-0.25, -0.2) is 4.79 Å². The molecule has 0 aromatic rings. The third kappa shape index (κ3) is 9.42. The van der Waals surface area contributed by atoms with Gasteiger partial charge in [-0.05, 0) is 0 Å². The van der Waals surface area contributed by atoms with Crippen LogP contribution in [0.15, 0.2) is 23.2 Å². The summed E-state index contributed by atoms with van der Waals surface area (Å²) in [6.45, 7) is 0.542. The summed E-state index contributed by atoms with van der Waals surface area (Å²) in [4.78, 5) is 10.8. The van der Waals surface area contributed by atoms with Crippen molar-refractivity contribution >= 4 is 29.4 Å². The second-order valence-corrected chi connectivity index (χ2v) is 2.75. The highest BCUT2D eigenvalue weighted by atomic mass is 35.5. The van der Waals surface area contributed by atoms with Crippen LogP contribution in [-0.4, -0.2) is 19.4 Å². The molecule has 14 heavy (non-hydrogen) atoms. The molecule has 0 fully saturated rings. The normalized spacial score (nSPS) is 11.0. The molecule has 3 nitrogen and oxygen atoms in total. The predicted octanol–water partition coefficient (Wildman–Crippen LogP) is 3.42. The van der Waals surface area contributed by atoms with Crippen LogP contribution in [0.25, 0.3) is 0 Å². The van der Waals surface area contributed by atoms with E-state index < -0.39 is 6.16 Å². The van der Waals surface area contributed by atoms with Crippen LogP contribution in [-0.2, 0) is 9.47 Å². The van der Waals surface area contributed by atoms with E-state index in [0.717, 1.165) is 0 Å². The van der Waals surface area contributed by atoms with Gasteiger partial charge < -0.3 is 9.47 Å². The van der Waals surface area contributed by atoms with Crippen LogP contribution >= 0.6 is 23.2 Å². The lowest BCUT2D eigenvalue weighted by molar-refractivity contribution is 0.0578. The first kappa shape index (κ1) is 13.3. The van der Waals surface area contributed by atoms with E-state index in [9.17, 15) is 4.79 Å². The summed E-state index contributed by atoms with van der Waals surface area (Å²) >= 11 is 10.5. The molecule has 0 saturated carbocycles. The zero-order valence-electron chi connectivity index (χ0n) is 7.62. The first-order valence-corrected chi connectivity index (χ1v) is 4.98. The lowest BCUT2D eigenvalue weighted by Crippen LogP contribution is -2.08. The molecule has 0 spiro atoms. The molecule has 0 aromatic heterocycles. The third-order valence-electron chi connectivity index (χ3n) is 1.19. The number of halogens is 2. The van der Waals surface area contributed by atoms with Crippen molar-refractivity contribution in [2.24, 2.45) is 0 Å². The fourth-order valence-corrected chi connectivity index (χ4v) is 0.840. The van der Waals surface area contributed by atoms with Crippen LogP contribution in [0.5, 0.6) is 0 Å². The maximum absolute atomic E-state index is 10.8. The maximum Gasteiger partial charge on any atom is 0.508 e. The van der Waals surface area contributed by atoms with E-state index in [0.29, 0.717) is 12.8 Å². The molecule has 0 heterocycles. The summed E-state index contributed by atoms with van der Waals surface area (Å²) in [5, 5.41) is 0. The number of hydrogen-bond acceptors (Lipinski definition) is 3. The second-order valence-electron chi connectivity index (χ2n) is 2.25. The van der Waals surface area contributed by atoms with Crippen molar-refractivity contribution in [3.05, 3.63) is 23.2 Å². The van der Waals surface area contributed by atoms with Crippen molar-refractivity contribution in [1.82, 2.24) is 0 Å². The van der Waals surface area contributed by atoms with E-state index in [4.69, 9.17) is 32.7 Å². The van der Waals surface area contributed by atoms with Crippen LogP contribution in [0, 0.1) is 0 Å². The van der Waals surface area contributed by atoms with Crippen LogP contribution in [0.3, 0.4) is 0 Å². The average molecular weight is 239 g/mol. The van der Waals surface area contributed by atoms with Crippen LogP contribution in [0.4, 0.5) is 4.79 Å². The van der Waals surface area contributed by atoms with Gasteiger partial charge in [0.25, 0.3) is 0 Å². The Morgan fingerprint density at radius 1 is 1.00 bits per heavy atom. The molecule has 0 saturated heterocycles. The first-order valence-electron chi connectivity index (χ1n) is 4.11. The zero-order chi connectivity index (χ0) is 10.6. The number of ether oxygens (including phenoxy) is 2. The minimum atomic E-state index is -0.670. The Labute approximate surface area is 93.3 Å². The van der Waals surface area contributed by atoms with Gasteiger partial charge in [0.2, 0.25) is 0 Å². The van der Waals surface area contributed by atoms with Crippen LogP contribution < -0.4 is 0 Å². The maximum atomic E-state index is 10.8. The number of carbonyl (C=O) groups excluding carboxylic acids is 1. The predicted molar refractivity (Wildman–Crippen MR) is 56.5 cm³/mol. The van der Waals surface area contributed by atoms with Gasteiger partial charge in [0.05, 0.1) is 13.2 Å². The van der Waals surface area contributed by atoms with Crippen LogP contribution in [0.2, 0.25) is 0 Å². The molecule has 0 aromatic carbocycles. The van der Waals surface area contributed by atoms with E-state index in [1.165, 1.54) is 11.1 Å². The molecule has 0 aliphatic rings. The molecule has 0 N–H and O–H groups in total. The highest BCUT2D eigenvalue weighted by Crippen LogP contribution is 1.93. The van der Waals surface area contributed by atoms with Gasteiger partial charge in [-0.3, -0.25) is 0 Å². The monoisotopic (exact) mass is 238 g/mol. The molecule has 5 heteroatoms. The van der Waals surface area contributed by atoms with Crippen molar-refractivity contribution in [2.75, 3.05) is 13.2 Å². The fraction of sp³-hybridized carbons (Fsp3) is 0.444. The lowest BCUT2D eigenvalue weighted by atomic mass is 10.4. The molecule has 80 valence electrons. The average Bonchev–Trinajstić information content (AvgIpc) is 2.19. The first-order chi connectivity index (χ1) is 6.81. The van der Waals surface area contributed by atoms with Crippen molar-refractivity contribution in [2.45, 2.75) is 12.8 Å². The van der Waals surface area contributed by atoms with Crippen molar-refractivity contribution < 1.29 is 14.3 Å². The Bertz CT molecular complexity index is 182. The Kier molecular flexibility index (Phi) is 9.91. The van der Waals surface area contributed by atoms with Gasteiger partial charge in [-0.1, -0.05) is 35.4 Å². The summed E-state index contributed by atoms with van der Waals surface area (Å²) in [5.41, 5.74) is 2.75. The topological polar surface area (TPSA) is 35.5 Å². The van der Waals surface area contributed by atoms with Crippen molar-refractivity contribution in [3.8, 4) is 0 Å². The van der Waals surface area contributed by atoms with E-state index in [-0.39, 0.29) is 13.2 Å². The fourth-order valence-electron chi connectivity index (χ4n) is 0.588. The molecular weight excluding hydrogens is 227 g/mol. The Balaban J connectivity index is 3.28. The van der Waals surface area contributed by atoms with Gasteiger partial charge >= 0.3 is 6.16 Å². The molecule has 0 unspecified atom stereocenters. The molecular formula is C9H12Cl2O3. The van der Waals surface area contributed by atoms with Gasteiger partial charge in [0.1, 0.15) is 0 Å². The smallest absolute Gasteiger partial charge is 0.434 e. The van der Waals surface area contributed by atoms with E-state index in [2.05, 4.69) is 0 Å².